The Labute approximate surface area is 202 Å². The number of carbonyl (C=O) groups excluding carboxylic acids is 1. The van der Waals surface area contributed by atoms with Gasteiger partial charge >= 0.3 is 22.3 Å². The van der Waals surface area contributed by atoms with E-state index in [0.29, 0.717) is 17.3 Å². The van der Waals surface area contributed by atoms with E-state index >= 15 is 0 Å². The minimum Gasteiger partial charge on any atom is -0.379 e. The molecule has 0 saturated heterocycles. The Kier molecular flexibility index (Phi) is 7.74. The first-order chi connectivity index (χ1) is 16.3. The second-order valence-electron chi connectivity index (χ2n) is 8.23. The van der Waals surface area contributed by atoms with E-state index < -0.39 is 26.8 Å². The third-order valence-corrected chi connectivity index (χ3v) is 6.34. The van der Waals surface area contributed by atoms with Crippen molar-refractivity contribution in [3.63, 3.8) is 0 Å². The van der Waals surface area contributed by atoms with Crippen LogP contribution in [-0.2, 0) is 22.8 Å². The first kappa shape index (κ1) is 26.1. The maximum Gasteiger partial charge on any atom is 0.416 e. The number of anilines is 1. The Hall–Kier alpha value is -3.53. The van der Waals surface area contributed by atoms with Gasteiger partial charge in [-0.05, 0) is 68.8 Å². The van der Waals surface area contributed by atoms with Crippen molar-refractivity contribution in [2.45, 2.75) is 44.4 Å². The summed E-state index contributed by atoms with van der Waals surface area (Å²) in [4.78, 5) is 13.8. The first-order valence-electron chi connectivity index (χ1n) is 10.7. The number of carbonyl (C=O) groups is 1. The van der Waals surface area contributed by atoms with Crippen LogP contribution in [0.4, 0.5) is 23.7 Å². The van der Waals surface area contributed by atoms with Crippen LogP contribution in [0, 0.1) is 6.92 Å². The van der Waals surface area contributed by atoms with Gasteiger partial charge in [-0.15, -0.1) is 0 Å². The molecule has 3 aromatic rings. The molecule has 0 aliphatic carbocycles. The molecule has 0 aliphatic heterocycles. The van der Waals surface area contributed by atoms with Crippen molar-refractivity contribution < 1.29 is 30.6 Å². The average molecular weight is 507 g/mol. The van der Waals surface area contributed by atoms with E-state index in [1.165, 1.54) is 12.1 Å². The maximum absolute atomic E-state index is 13.0. The summed E-state index contributed by atoms with van der Waals surface area (Å²) in [6, 6.07) is 16.2. The lowest BCUT2D eigenvalue weighted by molar-refractivity contribution is -0.137. The van der Waals surface area contributed by atoms with Crippen molar-refractivity contribution in [3.05, 3.63) is 89.5 Å². The third-order valence-electron chi connectivity index (χ3n) is 5.09. The van der Waals surface area contributed by atoms with Gasteiger partial charge in [0.2, 0.25) is 0 Å². The molecule has 6 nitrogen and oxygen atoms in total. The van der Waals surface area contributed by atoms with Crippen molar-refractivity contribution >= 4 is 21.8 Å². The Morgan fingerprint density at radius 3 is 2.29 bits per heavy atom. The lowest BCUT2D eigenvalue weighted by Crippen LogP contribution is -2.39. The zero-order valence-corrected chi connectivity index (χ0v) is 20.2. The van der Waals surface area contributed by atoms with E-state index in [9.17, 15) is 26.4 Å². The summed E-state index contributed by atoms with van der Waals surface area (Å²) < 4.78 is 69.2. The summed E-state index contributed by atoms with van der Waals surface area (Å²) in [5.74, 6) is -0.0810. The van der Waals surface area contributed by atoms with Gasteiger partial charge < -0.3 is 14.4 Å². The number of rotatable bonds is 7. The van der Waals surface area contributed by atoms with Gasteiger partial charge in [0.15, 0.2) is 0 Å². The quantitative estimate of drug-likeness (QED) is 0.386. The van der Waals surface area contributed by atoms with Crippen LogP contribution in [0.2, 0.25) is 0 Å². The highest BCUT2D eigenvalue weighted by atomic mass is 32.2. The van der Waals surface area contributed by atoms with Gasteiger partial charge in [0.25, 0.3) is 0 Å². The summed E-state index contributed by atoms with van der Waals surface area (Å²) in [5, 5.41) is 2.83. The van der Waals surface area contributed by atoms with Crippen LogP contribution < -0.4 is 9.50 Å². The standard InChI is InChI=1S/C25H25F3N2O4S/c1-17(2)30(24(31)29-21-12-10-18(3)11-13-21)16-19-6-4-8-22(14-19)34-35(32,33)23-9-5-7-20(15-23)25(26,27)28/h4-15,17H,16H2,1-3H3,(H,29,31). The summed E-state index contributed by atoms with van der Waals surface area (Å²) in [5.41, 5.74) is 1.17. The summed E-state index contributed by atoms with van der Waals surface area (Å²) in [6.45, 7) is 5.77. The second kappa shape index (κ2) is 10.4. The number of alkyl halides is 3. The molecule has 0 spiro atoms. The molecule has 0 fully saturated rings. The number of urea groups is 1. The molecule has 0 heterocycles. The topological polar surface area (TPSA) is 75.7 Å². The highest BCUT2D eigenvalue weighted by molar-refractivity contribution is 7.87. The molecule has 3 aromatic carbocycles. The molecular formula is C25H25F3N2O4S. The molecule has 35 heavy (non-hydrogen) atoms. The van der Waals surface area contributed by atoms with E-state index in [0.717, 1.165) is 23.8 Å². The number of aryl methyl sites for hydroxylation is 1. The number of nitrogens with zero attached hydrogens (tertiary/aromatic N) is 1. The molecule has 1 N–H and O–H groups in total. The minimum absolute atomic E-state index is 0.0810. The zero-order chi connectivity index (χ0) is 25.8. The van der Waals surface area contributed by atoms with Gasteiger partial charge in [0, 0.05) is 18.3 Å². The van der Waals surface area contributed by atoms with Crippen molar-refractivity contribution in [3.8, 4) is 5.75 Å². The lowest BCUT2D eigenvalue weighted by Gasteiger charge is -2.27. The fourth-order valence-electron chi connectivity index (χ4n) is 3.22. The normalized spacial score (nSPS) is 11.9. The Morgan fingerprint density at radius 1 is 1.00 bits per heavy atom. The summed E-state index contributed by atoms with van der Waals surface area (Å²) >= 11 is 0. The maximum atomic E-state index is 13.0. The van der Waals surface area contributed by atoms with E-state index in [1.54, 1.807) is 29.2 Å². The molecule has 0 saturated carbocycles. The SMILES string of the molecule is Cc1ccc(NC(=O)N(Cc2cccc(OS(=O)(=O)c3cccc(C(F)(F)F)c3)c2)C(C)C)cc1. The van der Waals surface area contributed by atoms with Crippen molar-refractivity contribution in [1.29, 1.82) is 0 Å². The minimum atomic E-state index is -4.69. The van der Waals surface area contributed by atoms with Gasteiger partial charge in [-0.25, -0.2) is 4.79 Å². The predicted octanol–water partition coefficient (Wildman–Crippen LogP) is 6.22. The van der Waals surface area contributed by atoms with Gasteiger partial charge in [-0.1, -0.05) is 35.9 Å². The number of benzene rings is 3. The van der Waals surface area contributed by atoms with Gasteiger partial charge in [-0.3, -0.25) is 0 Å². The van der Waals surface area contributed by atoms with Crippen LogP contribution in [0.3, 0.4) is 0 Å². The predicted molar refractivity (Wildman–Crippen MR) is 127 cm³/mol. The Bertz CT molecular complexity index is 1290. The van der Waals surface area contributed by atoms with Crippen LogP contribution in [0.15, 0.2) is 77.7 Å². The number of hydrogen-bond acceptors (Lipinski definition) is 4. The second-order valence-corrected chi connectivity index (χ2v) is 9.77. The molecule has 186 valence electrons. The monoisotopic (exact) mass is 506 g/mol. The lowest BCUT2D eigenvalue weighted by atomic mass is 10.2. The first-order valence-corrected chi connectivity index (χ1v) is 12.1. The zero-order valence-electron chi connectivity index (χ0n) is 19.3. The molecule has 0 atom stereocenters. The molecule has 10 heteroatoms. The number of amides is 2. The van der Waals surface area contributed by atoms with Crippen molar-refractivity contribution in [2.75, 3.05) is 5.32 Å². The Balaban J connectivity index is 1.77. The molecule has 0 aromatic heterocycles. The highest BCUT2D eigenvalue weighted by Crippen LogP contribution is 2.31. The van der Waals surface area contributed by atoms with Crippen LogP contribution >= 0.6 is 0 Å². The molecular weight excluding hydrogens is 481 g/mol. The molecule has 0 unspecified atom stereocenters. The number of halogens is 3. The van der Waals surface area contributed by atoms with E-state index in [2.05, 4.69) is 5.32 Å². The smallest absolute Gasteiger partial charge is 0.379 e. The largest absolute Gasteiger partial charge is 0.416 e. The molecule has 0 radical (unpaired) electrons. The van der Waals surface area contributed by atoms with Crippen molar-refractivity contribution in [2.24, 2.45) is 0 Å². The molecule has 2 amide bonds. The summed E-state index contributed by atoms with van der Waals surface area (Å²) in [6.07, 6.45) is -4.69. The average Bonchev–Trinajstić information content (AvgIpc) is 2.78. The molecule has 0 aliphatic rings. The third kappa shape index (κ3) is 6.98. The fourth-order valence-corrected chi connectivity index (χ4v) is 4.19. The van der Waals surface area contributed by atoms with Crippen LogP contribution in [0.1, 0.15) is 30.5 Å². The van der Waals surface area contributed by atoms with Gasteiger partial charge in [0.05, 0.1) is 5.56 Å². The Morgan fingerprint density at radius 2 is 1.66 bits per heavy atom. The van der Waals surface area contributed by atoms with Gasteiger partial charge in [-0.2, -0.15) is 21.6 Å². The van der Waals surface area contributed by atoms with Crippen LogP contribution in [-0.4, -0.2) is 25.4 Å². The van der Waals surface area contributed by atoms with E-state index in [-0.39, 0.29) is 24.4 Å². The van der Waals surface area contributed by atoms with Crippen molar-refractivity contribution in [1.82, 2.24) is 4.90 Å². The molecule has 3 rings (SSSR count). The summed E-state index contributed by atoms with van der Waals surface area (Å²) in [7, 11) is -4.51. The van der Waals surface area contributed by atoms with E-state index in [4.69, 9.17) is 4.18 Å². The van der Waals surface area contributed by atoms with Gasteiger partial charge in [0.1, 0.15) is 10.6 Å². The van der Waals surface area contributed by atoms with E-state index in [1.807, 2.05) is 32.9 Å². The number of hydrogen-bond donors (Lipinski definition) is 1. The highest BCUT2D eigenvalue weighted by Gasteiger charge is 2.32. The molecule has 0 bridgehead atoms. The van der Waals surface area contributed by atoms with Crippen LogP contribution in [0.5, 0.6) is 5.75 Å². The van der Waals surface area contributed by atoms with Crippen LogP contribution in [0.25, 0.3) is 0 Å². The fraction of sp³-hybridized carbons (Fsp3) is 0.240. The number of nitrogens with one attached hydrogen (secondary N) is 1.